The Bertz CT molecular complexity index is 1150. The Labute approximate surface area is 154 Å². The molecule has 0 saturated carbocycles. The van der Waals surface area contributed by atoms with Crippen molar-refractivity contribution in [1.29, 1.82) is 5.26 Å². The van der Waals surface area contributed by atoms with Crippen LogP contribution < -0.4 is 5.73 Å². The van der Waals surface area contributed by atoms with Gasteiger partial charge in [0.1, 0.15) is 10.8 Å². The zero-order valence-corrected chi connectivity index (χ0v) is 14.2. The highest BCUT2D eigenvalue weighted by Crippen LogP contribution is 2.35. The van der Waals surface area contributed by atoms with Gasteiger partial charge < -0.3 is 5.73 Å². The van der Waals surface area contributed by atoms with Gasteiger partial charge >= 0.3 is 6.18 Å². The third-order valence-corrected chi connectivity index (χ3v) is 4.80. The molecule has 4 rings (SSSR count). The van der Waals surface area contributed by atoms with Crippen LogP contribution in [0, 0.1) is 11.3 Å². The number of rotatable bonds is 2. The number of nitrogen functional groups attached to an aromatic ring is 1. The summed E-state index contributed by atoms with van der Waals surface area (Å²) in [5.41, 5.74) is 6.21. The van der Waals surface area contributed by atoms with Crippen LogP contribution in [-0.4, -0.2) is 19.6 Å². The van der Waals surface area contributed by atoms with Crippen molar-refractivity contribution < 1.29 is 13.2 Å². The fraction of sp³-hybridized carbons (Fsp3) is 0.0588. The summed E-state index contributed by atoms with van der Waals surface area (Å²) in [5.74, 6) is -0.575. The zero-order valence-electron chi connectivity index (χ0n) is 13.4. The average Bonchev–Trinajstić information content (AvgIpc) is 3.20. The number of nitrogens with zero attached hydrogens (tertiary/aromatic N) is 5. The Morgan fingerprint density at radius 3 is 2.52 bits per heavy atom. The quantitative estimate of drug-likeness (QED) is 0.562. The molecule has 0 bridgehead atoms. The topological polar surface area (TPSA) is 92.9 Å². The molecule has 0 saturated heterocycles. The number of alkyl halides is 3. The van der Waals surface area contributed by atoms with Gasteiger partial charge in [-0.2, -0.15) is 23.5 Å². The summed E-state index contributed by atoms with van der Waals surface area (Å²) in [7, 11) is 0. The number of aromatic nitrogens is 4. The highest BCUT2D eigenvalue weighted by atomic mass is 32.1. The molecule has 0 unspecified atom stereocenters. The fourth-order valence-corrected chi connectivity index (χ4v) is 3.37. The molecule has 0 spiro atoms. The maximum Gasteiger partial charge on any atom is 0.419 e. The van der Waals surface area contributed by atoms with E-state index in [0.717, 1.165) is 11.6 Å². The number of imidazole rings is 1. The van der Waals surface area contributed by atoms with Gasteiger partial charge in [0.2, 0.25) is 4.96 Å². The first-order valence-corrected chi connectivity index (χ1v) is 8.36. The standard InChI is InChI=1S/C17H9F3N6S/c18-17(19,20)12-5-11(7-23-14(12)22)13-8-26-16(24-13)27-15(25-26)10-3-1-9(6-21)2-4-10/h1-5,7-8H,(H2,22,23). The van der Waals surface area contributed by atoms with Crippen molar-refractivity contribution >= 4 is 22.1 Å². The van der Waals surface area contributed by atoms with E-state index in [1.165, 1.54) is 28.2 Å². The normalized spacial score (nSPS) is 11.6. The lowest BCUT2D eigenvalue weighted by atomic mass is 10.1. The summed E-state index contributed by atoms with van der Waals surface area (Å²) in [6.45, 7) is 0. The molecular weight excluding hydrogens is 377 g/mol. The van der Waals surface area contributed by atoms with Crippen LogP contribution in [0.15, 0.2) is 42.7 Å². The summed E-state index contributed by atoms with van der Waals surface area (Å²) >= 11 is 1.28. The molecule has 1 aromatic carbocycles. The molecule has 6 nitrogen and oxygen atoms in total. The Balaban J connectivity index is 1.71. The van der Waals surface area contributed by atoms with Crippen LogP contribution in [0.3, 0.4) is 0 Å². The van der Waals surface area contributed by atoms with E-state index >= 15 is 0 Å². The molecule has 10 heteroatoms. The number of fused-ring (bicyclic) bond motifs is 1. The molecule has 2 N–H and O–H groups in total. The third kappa shape index (κ3) is 3.09. The van der Waals surface area contributed by atoms with Crippen LogP contribution in [0.1, 0.15) is 11.1 Å². The van der Waals surface area contributed by atoms with Crippen LogP contribution in [-0.2, 0) is 6.18 Å². The van der Waals surface area contributed by atoms with Gasteiger partial charge in [0.25, 0.3) is 0 Å². The highest BCUT2D eigenvalue weighted by molar-refractivity contribution is 7.19. The first kappa shape index (κ1) is 17.0. The van der Waals surface area contributed by atoms with E-state index < -0.39 is 17.6 Å². The average molecular weight is 386 g/mol. The number of halogens is 3. The van der Waals surface area contributed by atoms with Crippen molar-refractivity contribution in [3.8, 4) is 27.9 Å². The summed E-state index contributed by atoms with van der Waals surface area (Å²) in [5, 5.41) is 13.9. The minimum absolute atomic E-state index is 0.203. The lowest BCUT2D eigenvalue weighted by Gasteiger charge is -2.09. The lowest BCUT2D eigenvalue weighted by Crippen LogP contribution is -2.10. The number of nitrogens with two attached hydrogens (primary N) is 1. The lowest BCUT2D eigenvalue weighted by molar-refractivity contribution is -0.137. The number of benzene rings is 1. The number of anilines is 1. The van der Waals surface area contributed by atoms with E-state index in [4.69, 9.17) is 11.0 Å². The summed E-state index contributed by atoms with van der Waals surface area (Å²) in [4.78, 5) is 8.48. The number of hydrogen-bond acceptors (Lipinski definition) is 6. The molecule has 134 valence electrons. The Hall–Kier alpha value is -3.45. The maximum absolute atomic E-state index is 13.0. The van der Waals surface area contributed by atoms with Gasteiger partial charge in [-0.1, -0.05) is 23.5 Å². The highest BCUT2D eigenvalue weighted by Gasteiger charge is 2.34. The van der Waals surface area contributed by atoms with Gasteiger partial charge in [-0.05, 0) is 18.2 Å². The molecule has 4 aromatic rings. The second-order valence-corrected chi connectivity index (χ2v) is 6.56. The van der Waals surface area contributed by atoms with Crippen molar-refractivity contribution in [3.05, 3.63) is 53.9 Å². The largest absolute Gasteiger partial charge is 0.419 e. The van der Waals surface area contributed by atoms with Gasteiger partial charge in [-0.3, -0.25) is 0 Å². The molecule has 0 amide bonds. The monoisotopic (exact) mass is 386 g/mol. The van der Waals surface area contributed by atoms with Crippen LogP contribution >= 0.6 is 11.3 Å². The summed E-state index contributed by atoms with van der Waals surface area (Å²) < 4.78 is 40.5. The van der Waals surface area contributed by atoms with Crippen LogP contribution in [0.2, 0.25) is 0 Å². The predicted octanol–water partition coefficient (Wildman–Crippen LogP) is 3.99. The molecule has 0 atom stereocenters. The third-order valence-electron chi connectivity index (χ3n) is 3.82. The fourth-order valence-electron chi connectivity index (χ4n) is 2.49. The van der Waals surface area contributed by atoms with Crippen LogP contribution in [0.4, 0.5) is 19.0 Å². The van der Waals surface area contributed by atoms with E-state index in [1.807, 2.05) is 6.07 Å². The molecule has 0 fully saturated rings. The molecule has 0 radical (unpaired) electrons. The number of pyridine rings is 1. The Morgan fingerprint density at radius 1 is 1.15 bits per heavy atom. The number of hydrogen-bond donors (Lipinski definition) is 1. The minimum atomic E-state index is -4.59. The van der Waals surface area contributed by atoms with Crippen molar-refractivity contribution in [2.45, 2.75) is 6.18 Å². The van der Waals surface area contributed by atoms with E-state index in [1.54, 1.807) is 24.3 Å². The number of nitriles is 1. The summed E-state index contributed by atoms with van der Waals surface area (Å²) in [6, 6.07) is 9.89. The van der Waals surface area contributed by atoms with Gasteiger partial charge in [0, 0.05) is 17.3 Å². The van der Waals surface area contributed by atoms with Crippen molar-refractivity contribution in [2.75, 3.05) is 5.73 Å². The van der Waals surface area contributed by atoms with E-state index in [0.29, 0.717) is 21.2 Å². The van der Waals surface area contributed by atoms with E-state index in [-0.39, 0.29) is 5.56 Å². The van der Waals surface area contributed by atoms with Crippen LogP contribution in [0.25, 0.3) is 26.8 Å². The van der Waals surface area contributed by atoms with E-state index in [9.17, 15) is 13.2 Å². The van der Waals surface area contributed by atoms with Crippen LogP contribution in [0.5, 0.6) is 0 Å². The first-order chi connectivity index (χ1) is 12.8. The molecule has 0 aliphatic heterocycles. The second-order valence-electron chi connectivity index (χ2n) is 5.60. The maximum atomic E-state index is 13.0. The van der Waals surface area contributed by atoms with Gasteiger partial charge in [0.15, 0.2) is 0 Å². The van der Waals surface area contributed by atoms with Crippen molar-refractivity contribution in [3.63, 3.8) is 0 Å². The molecule has 0 aliphatic carbocycles. The predicted molar refractivity (Wildman–Crippen MR) is 93.7 cm³/mol. The first-order valence-electron chi connectivity index (χ1n) is 7.55. The zero-order chi connectivity index (χ0) is 19.2. The minimum Gasteiger partial charge on any atom is -0.383 e. The molecule has 27 heavy (non-hydrogen) atoms. The Morgan fingerprint density at radius 2 is 1.89 bits per heavy atom. The van der Waals surface area contributed by atoms with Gasteiger partial charge in [0.05, 0.1) is 29.1 Å². The molecule has 0 aliphatic rings. The van der Waals surface area contributed by atoms with E-state index in [2.05, 4.69) is 15.1 Å². The second kappa shape index (κ2) is 6.07. The molecule has 3 heterocycles. The van der Waals surface area contributed by atoms with Crippen molar-refractivity contribution in [2.24, 2.45) is 0 Å². The SMILES string of the molecule is N#Cc1ccc(-c2nn3cc(-c4cnc(N)c(C(F)(F)F)c4)nc3s2)cc1. The summed E-state index contributed by atoms with van der Waals surface area (Å²) in [6.07, 6.45) is -1.81. The van der Waals surface area contributed by atoms with Gasteiger partial charge in [-0.25, -0.2) is 14.5 Å². The van der Waals surface area contributed by atoms with Gasteiger partial charge in [-0.15, -0.1) is 0 Å². The smallest absolute Gasteiger partial charge is 0.383 e. The molecule has 3 aromatic heterocycles. The Kier molecular flexibility index (Phi) is 3.82. The van der Waals surface area contributed by atoms with Crippen molar-refractivity contribution in [1.82, 2.24) is 19.6 Å². The molecular formula is C17H9F3N6S.